The molecule has 9 amide bonds. The number of ether oxygens (including phenoxy) is 7. The summed E-state index contributed by atoms with van der Waals surface area (Å²) in [5.41, 5.74) is 3.49. The van der Waals surface area contributed by atoms with Crippen molar-refractivity contribution in [2.75, 3.05) is 19.0 Å². The maximum Gasteiger partial charge on any atom is 0.573 e. The van der Waals surface area contributed by atoms with E-state index in [1.165, 1.54) is 25.5 Å². The van der Waals surface area contributed by atoms with E-state index < -0.39 is 266 Å². The van der Waals surface area contributed by atoms with Crippen LogP contribution in [0.1, 0.15) is 121 Å². The summed E-state index contributed by atoms with van der Waals surface area (Å²) in [6.45, 7) is 5.60. The first kappa shape index (κ1) is 90.5. The summed E-state index contributed by atoms with van der Waals surface area (Å²) in [6.07, 6.45) is -24.7. The third kappa shape index (κ3) is 20.5. The van der Waals surface area contributed by atoms with Gasteiger partial charge in [0, 0.05) is 46.9 Å². The van der Waals surface area contributed by atoms with Gasteiger partial charge in [0.1, 0.15) is 101 Å². The van der Waals surface area contributed by atoms with Crippen molar-refractivity contribution in [3.05, 3.63) is 176 Å². The molecule has 7 aromatic carbocycles. The number of benzene rings is 7. The Labute approximate surface area is 706 Å². The maximum absolute atomic E-state index is 16.3. The molecule has 0 aliphatic carbocycles. The second-order valence-corrected chi connectivity index (χ2v) is 31.2. The number of halogens is 5. The van der Waals surface area contributed by atoms with Gasteiger partial charge in [0.2, 0.25) is 53.4 Å². The fourth-order valence-corrected chi connectivity index (χ4v) is 15.2. The van der Waals surface area contributed by atoms with Crippen LogP contribution in [0.3, 0.4) is 0 Å². The van der Waals surface area contributed by atoms with Crippen molar-refractivity contribution in [2.45, 2.75) is 169 Å². The maximum atomic E-state index is 16.3. The molecule has 7 aliphatic rings. The minimum absolute atomic E-state index is 0.0123. The zero-order chi connectivity index (χ0) is 89.1. The number of hydrogen-bond donors (Lipinski definition) is 21. The fourth-order valence-electron chi connectivity index (χ4n) is 14.8. The highest BCUT2D eigenvalue weighted by Crippen LogP contribution is 2.50. The average Bonchev–Trinajstić information content (AvgIpc) is 0.751. The number of amides is 9. The number of carbonyl (C=O) groups is 9. The molecule has 7 aliphatic heterocycles. The molecular weight excluding hydrogens is 1670 g/mol. The molecule has 42 heteroatoms. The smallest absolute Gasteiger partial charge is 0.508 e. The van der Waals surface area contributed by atoms with Gasteiger partial charge < -0.3 is 133 Å². The Morgan fingerprint density at radius 1 is 0.699 bits per heavy atom. The summed E-state index contributed by atoms with van der Waals surface area (Å²) in [5.74, 6) is -17.4. The molecule has 0 saturated carbocycles. The van der Waals surface area contributed by atoms with Crippen LogP contribution >= 0.6 is 23.2 Å². The first-order valence-corrected chi connectivity index (χ1v) is 38.9. The van der Waals surface area contributed by atoms with Gasteiger partial charge in [0.05, 0.1) is 41.3 Å². The minimum Gasteiger partial charge on any atom is -0.508 e. The molecule has 0 aromatic heterocycles. The number of fused-ring (bicyclic) bond motifs is 15. The lowest BCUT2D eigenvalue weighted by atomic mass is 9.84. The van der Waals surface area contributed by atoms with E-state index >= 15 is 19.2 Å². The van der Waals surface area contributed by atoms with E-state index in [9.17, 15) is 88.3 Å². The number of aliphatic hydroxyl groups is 6. The molecule has 37 nitrogen and oxygen atoms in total. The van der Waals surface area contributed by atoms with Crippen molar-refractivity contribution < 1.29 is 141 Å². The number of likely N-dealkylation sites (N-methyl/N-ethyl adjacent to an activating group) is 1. The number of nitrogens with two attached hydrogens (primary N) is 1. The van der Waals surface area contributed by atoms with Gasteiger partial charge in [0.15, 0.2) is 23.9 Å². The summed E-state index contributed by atoms with van der Waals surface area (Å²) < 4.78 is 81.9. The average molecular weight is 1760 g/mol. The summed E-state index contributed by atoms with van der Waals surface area (Å²) in [4.78, 5) is 132. The SMILES string of the molecule is CN[C@H](CC(C)C)C(=O)N[C@H]1C(=O)N[C@@H](CC(N)=O)C(=O)N[C@H]2C(=O)N[C@H]3C(=O)N[C@H](C(=O)N[C@@H](C(=O)NO)c4cc(O)cc(O)c4-c4cc3ccc4O)[C@H](O)c3ccc(c(Cl)c3)Oc3cc2cc(c3O[C@@H]2O[C@H](CO)[C@@H](O)[C@H](O)[C@H]2O[C@H]2C[C@](C)(NCc3cccc(NC(=O)c4ccc(OC(F)(F)F)cc4)c3)[C@H](O)[C@H](C)O2)Oc2ccc(cc2Cl)[C@H]1O. The number of anilines is 1. The number of phenols is 3. The highest BCUT2D eigenvalue weighted by atomic mass is 35.5. The van der Waals surface area contributed by atoms with E-state index in [0.717, 1.165) is 97.1 Å². The Morgan fingerprint density at radius 3 is 1.95 bits per heavy atom. The Kier molecular flexibility index (Phi) is 27.6. The Morgan fingerprint density at radius 2 is 1.33 bits per heavy atom. The van der Waals surface area contributed by atoms with E-state index in [1.807, 2.05) is 0 Å². The fraction of sp³-hybridized carbons (Fsp3) is 0.370. The molecule has 2 saturated heterocycles. The number of hydrogen-bond acceptors (Lipinski definition) is 28. The zero-order valence-electron chi connectivity index (χ0n) is 65.5. The lowest BCUT2D eigenvalue weighted by Gasteiger charge is -2.48. The summed E-state index contributed by atoms with van der Waals surface area (Å²) in [6, 6.07) is 9.42. The minimum atomic E-state index is -4.97. The van der Waals surface area contributed by atoms with Gasteiger partial charge >= 0.3 is 6.36 Å². The van der Waals surface area contributed by atoms with Crippen molar-refractivity contribution in [3.8, 4) is 62.9 Å². The van der Waals surface area contributed by atoms with Gasteiger partial charge in [-0.2, -0.15) is 0 Å². The van der Waals surface area contributed by atoms with Crippen LogP contribution in [0.5, 0.6) is 51.7 Å². The van der Waals surface area contributed by atoms with E-state index in [-0.39, 0.29) is 53.2 Å². The van der Waals surface area contributed by atoms with Crippen LogP contribution in [0, 0.1) is 5.92 Å². The Bertz CT molecular complexity index is 5220. The third-order valence-electron chi connectivity index (χ3n) is 21.1. The summed E-state index contributed by atoms with van der Waals surface area (Å²) >= 11 is 14.3. The highest BCUT2D eigenvalue weighted by molar-refractivity contribution is 6.32. The second kappa shape index (κ2) is 37.5. The molecule has 656 valence electrons. The van der Waals surface area contributed by atoms with Gasteiger partial charge in [-0.1, -0.05) is 67.4 Å². The predicted octanol–water partition coefficient (Wildman–Crippen LogP) is 3.51. The number of aliphatic hydroxyl groups excluding tert-OH is 6. The van der Waals surface area contributed by atoms with E-state index in [2.05, 4.69) is 52.6 Å². The van der Waals surface area contributed by atoms with Crippen LogP contribution in [-0.2, 0) is 59.1 Å². The van der Waals surface area contributed by atoms with Gasteiger partial charge in [-0.25, -0.2) is 5.48 Å². The monoisotopic (exact) mass is 1760 g/mol. The molecule has 0 radical (unpaired) electrons. The molecule has 14 rings (SSSR count). The lowest BCUT2D eigenvalue weighted by molar-refractivity contribution is -0.334. The Balaban J connectivity index is 1.01. The largest absolute Gasteiger partial charge is 0.573 e. The molecular formula is C81H86Cl2F3N11O26. The zero-order valence-corrected chi connectivity index (χ0v) is 67.0. The van der Waals surface area contributed by atoms with E-state index in [4.69, 9.17) is 57.4 Å². The molecule has 2 fully saturated rings. The van der Waals surface area contributed by atoms with E-state index in [0.29, 0.717) is 5.56 Å². The van der Waals surface area contributed by atoms with Crippen LogP contribution in [0.2, 0.25) is 10.0 Å². The first-order chi connectivity index (χ1) is 58.2. The summed E-state index contributed by atoms with van der Waals surface area (Å²) in [5, 5.41) is 139. The number of rotatable bonds is 19. The van der Waals surface area contributed by atoms with Crippen LogP contribution in [0.15, 0.2) is 127 Å². The Hall–Kier alpha value is -11.7. The van der Waals surface area contributed by atoms with Gasteiger partial charge in [0.25, 0.3) is 11.8 Å². The predicted molar refractivity (Wildman–Crippen MR) is 422 cm³/mol. The number of phenolic OH excluding ortho intramolecular Hbond substituents is 3. The number of alkyl halides is 3. The lowest BCUT2D eigenvalue weighted by Crippen LogP contribution is -2.65. The molecule has 18 atom stereocenters. The van der Waals surface area contributed by atoms with Crippen molar-refractivity contribution in [2.24, 2.45) is 11.7 Å². The molecule has 0 unspecified atom stereocenters. The van der Waals surface area contributed by atoms with Crippen LogP contribution in [-0.4, -0.2) is 203 Å². The molecule has 11 bridgehead atoms. The number of primary amides is 1. The van der Waals surface area contributed by atoms with Crippen molar-refractivity contribution in [1.29, 1.82) is 0 Å². The molecule has 0 spiro atoms. The highest BCUT2D eigenvalue weighted by Gasteiger charge is 2.52. The number of carbonyl (C=O) groups excluding carboxylic acids is 9. The van der Waals surface area contributed by atoms with Crippen molar-refractivity contribution in [1.82, 2.24) is 48.0 Å². The van der Waals surface area contributed by atoms with Crippen molar-refractivity contribution in [3.63, 3.8) is 0 Å². The molecule has 7 aromatic rings. The standard InChI is InChI=1S/C81H86Cl2F3N11O26/c1-32(2)19-47(88-5)72(109)95-62-64(103)37-12-17-51(45(82)22-37)118-53-24-39-25-54(68(53)122-79-69(67(106)66(105)55(31-98)120-79)121-57-29-80(4,70(107)33(3)117-57)89-30-34-7-6-8-40(20-34)90-71(108)35-9-14-42(15-10-35)123-81(84,85)86)119-52-18-13-38(23-46(52)83)65(104)63-77(114)94-61(78(115)97-116)44-26-41(99)27-50(101)58(44)43-21-36(11-16-49(43)100)59(74(111)96-63)93-75(112)60(39)92-73(110)48(28-56(87)102)91-76(62)113/h6-18,20-27,32-33,47-48,55,57,59-67,69-70,79,88-89,98-101,103-107,116H,19,28-31H2,1-5H3,(H2,87,102)(H,90,108)(H,91,113)(H,92,110)(H,93,112)(H,94,114)(H,95,109)(H,96,111)(H,97,115)/t33-,47+,48-,55+,57-,59+,60+,61+,62+,63-,64+,65+,66+,67-,69+,70+,79-,80-/m0/s1. The topological polar surface area (TPSA) is 567 Å². The summed E-state index contributed by atoms with van der Waals surface area (Å²) in [7, 11) is 1.46. The quantitative estimate of drug-likeness (QED) is 0.0407. The van der Waals surface area contributed by atoms with Gasteiger partial charge in [-0.3, -0.25) is 48.4 Å². The normalized spacial score (nSPS) is 26.3. The van der Waals surface area contributed by atoms with E-state index in [1.54, 1.807) is 45.0 Å². The number of nitrogens with one attached hydrogen (secondary N) is 10. The number of hydroxylamine groups is 1. The van der Waals surface area contributed by atoms with Crippen molar-refractivity contribution >= 4 is 82.1 Å². The van der Waals surface area contributed by atoms with Gasteiger partial charge in [-0.15, -0.1) is 13.2 Å². The molecule has 123 heavy (non-hydrogen) atoms. The first-order valence-electron chi connectivity index (χ1n) is 38.1. The van der Waals surface area contributed by atoms with Crippen LogP contribution in [0.4, 0.5) is 18.9 Å². The molecule has 7 heterocycles. The number of aromatic hydroxyl groups is 3. The second-order valence-electron chi connectivity index (χ2n) is 30.3. The van der Waals surface area contributed by atoms with Crippen LogP contribution in [0.25, 0.3) is 11.1 Å². The van der Waals surface area contributed by atoms with Gasteiger partial charge in [-0.05, 0) is 158 Å². The molecule has 22 N–H and O–H groups in total. The van der Waals surface area contributed by atoms with Crippen LogP contribution < -0.4 is 78.0 Å². The third-order valence-corrected chi connectivity index (χ3v) is 21.7.